The Morgan fingerprint density at radius 3 is 1.81 bits per heavy atom. The van der Waals surface area contributed by atoms with Gasteiger partial charge in [-0.2, -0.15) is 0 Å². The fourth-order valence-corrected chi connectivity index (χ4v) is 2.41. The van der Waals surface area contributed by atoms with Crippen molar-refractivity contribution in [2.75, 3.05) is 6.61 Å². The molecule has 0 saturated carbocycles. The minimum atomic E-state index is -0.936. The zero-order valence-corrected chi connectivity index (χ0v) is 16.4. The first-order valence-corrected chi connectivity index (χ1v) is 9.40. The Bertz CT molecular complexity index is 486. The lowest BCUT2D eigenvalue weighted by molar-refractivity contribution is -0.152. The molecule has 156 valence electrons. The molecule has 0 heterocycles. The van der Waals surface area contributed by atoms with Crippen LogP contribution in [0.4, 0.5) is 0 Å². The Balaban J connectivity index is 4.11. The van der Waals surface area contributed by atoms with Crippen LogP contribution >= 0.6 is 0 Å². The lowest BCUT2D eigenvalue weighted by Gasteiger charge is -2.24. The molecule has 0 radical (unpaired) electrons. The SMILES string of the molecule is CC(CCOC(=O)CCCC(=O)O)CC(OC(=O)CCCC(=O)O)C(C)C. The van der Waals surface area contributed by atoms with E-state index in [2.05, 4.69) is 0 Å². The quantitative estimate of drug-likeness (QED) is 0.410. The van der Waals surface area contributed by atoms with Gasteiger partial charge in [-0.25, -0.2) is 0 Å². The molecule has 0 aromatic carbocycles. The molecule has 0 spiro atoms. The summed E-state index contributed by atoms with van der Waals surface area (Å²) in [7, 11) is 0. The average Bonchev–Trinajstić information content (AvgIpc) is 2.53. The lowest BCUT2D eigenvalue weighted by Crippen LogP contribution is -2.26. The molecule has 0 amide bonds. The van der Waals surface area contributed by atoms with Crippen molar-refractivity contribution in [1.82, 2.24) is 0 Å². The van der Waals surface area contributed by atoms with Gasteiger partial charge in [-0.15, -0.1) is 0 Å². The molecule has 0 fully saturated rings. The highest BCUT2D eigenvalue weighted by molar-refractivity contribution is 5.72. The number of rotatable bonds is 15. The first-order valence-electron chi connectivity index (χ1n) is 9.40. The van der Waals surface area contributed by atoms with Crippen molar-refractivity contribution in [3.8, 4) is 0 Å². The molecule has 0 aliphatic rings. The molecular formula is C19H32O8. The summed E-state index contributed by atoms with van der Waals surface area (Å²) in [4.78, 5) is 44.2. The number of hydrogen-bond acceptors (Lipinski definition) is 6. The van der Waals surface area contributed by atoms with Crippen LogP contribution in [-0.2, 0) is 28.7 Å². The van der Waals surface area contributed by atoms with Crippen LogP contribution in [0.25, 0.3) is 0 Å². The van der Waals surface area contributed by atoms with Crippen molar-refractivity contribution in [3.63, 3.8) is 0 Å². The van der Waals surface area contributed by atoms with Gasteiger partial charge >= 0.3 is 23.9 Å². The summed E-state index contributed by atoms with van der Waals surface area (Å²) < 4.78 is 10.6. The predicted octanol–water partition coefficient (Wildman–Crippen LogP) is 3.02. The molecular weight excluding hydrogens is 356 g/mol. The molecule has 0 saturated heterocycles. The molecule has 0 bridgehead atoms. The van der Waals surface area contributed by atoms with Gasteiger partial charge in [0.1, 0.15) is 6.10 Å². The van der Waals surface area contributed by atoms with E-state index in [0.29, 0.717) is 12.8 Å². The van der Waals surface area contributed by atoms with Gasteiger partial charge in [-0.05, 0) is 37.5 Å². The van der Waals surface area contributed by atoms with Crippen LogP contribution in [0.5, 0.6) is 0 Å². The smallest absolute Gasteiger partial charge is 0.306 e. The minimum absolute atomic E-state index is 0.0561. The molecule has 0 aromatic rings. The van der Waals surface area contributed by atoms with Gasteiger partial charge in [0.25, 0.3) is 0 Å². The molecule has 2 atom stereocenters. The van der Waals surface area contributed by atoms with Crippen molar-refractivity contribution in [2.24, 2.45) is 11.8 Å². The van der Waals surface area contributed by atoms with Crippen molar-refractivity contribution < 1.29 is 38.9 Å². The molecule has 27 heavy (non-hydrogen) atoms. The van der Waals surface area contributed by atoms with Crippen LogP contribution in [0.15, 0.2) is 0 Å². The van der Waals surface area contributed by atoms with Gasteiger partial charge in [0.05, 0.1) is 6.61 Å². The normalized spacial score (nSPS) is 13.0. The van der Waals surface area contributed by atoms with Gasteiger partial charge in [-0.3, -0.25) is 19.2 Å². The number of carbonyl (C=O) groups is 4. The van der Waals surface area contributed by atoms with E-state index < -0.39 is 23.9 Å². The van der Waals surface area contributed by atoms with Crippen molar-refractivity contribution in [1.29, 1.82) is 0 Å². The van der Waals surface area contributed by atoms with E-state index in [9.17, 15) is 19.2 Å². The Morgan fingerprint density at radius 1 is 0.815 bits per heavy atom. The fraction of sp³-hybridized carbons (Fsp3) is 0.789. The highest BCUT2D eigenvalue weighted by atomic mass is 16.5. The number of carboxylic acids is 2. The second-order valence-corrected chi connectivity index (χ2v) is 7.12. The largest absolute Gasteiger partial charge is 0.481 e. The zero-order chi connectivity index (χ0) is 20.8. The monoisotopic (exact) mass is 388 g/mol. The topological polar surface area (TPSA) is 127 Å². The number of carboxylic acid groups (broad SMARTS) is 2. The zero-order valence-electron chi connectivity index (χ0n) is 16.4. The Hall–Kier alpha value is -2.12. The Labute approximate surface area is 160 Å². The van der Waals surface area contributed by atoms with E-state index in [0.717, 1.165) is 0 Å². The molecule has 8 heteroatoms. The summed E-state index contributed by atoms with van der Waals surface area (Å²) >= 11 is 0. The molecule has 0 aliphatic carbocycles. The van der Waals surface area contributed by atoms with Crippen LogP contribution in [0.3, 0.4) is 0 Å². The highest BCUT2D eigenvalue weighted by Crippen LogP contribution is 2.20. The van der Waals surface area contributed by atoms with E-state index in [1.54, 1.807) is 0 Å². The first-order chi connectivity index (χ1) is 12.6. The van der Waals surface area contributed by atoms with Crippen LogP contribution in [0, 0.1) is 11.8 Å². The third-order valence-corrected chi connectivity index (χ3v) is 4.08. The van der Waals surface area contributed by atoms with E-state index in [1.165, 1.54) is 0 Å². The van der Waals surface area contributed by atoms with Crippen LogP contribution in [0.2, 0.25) is 0 Å². The maximum Gasteiger partial charge on any atom is 0.306 e. The van der Waals surface area contributed by atoms with Gasteiger partial charge in [-0.1, -0.05) is 20.8 Å². The number of esters is 2. The molecule has 2 N–H and O–H groups in total. The maximum atomic E-state index is 11.8. The summed E-state index contributed by atoms with van der Waals surface area (Å²) in [6.07, 6.45) is 1.53. The van der Waals surface area contributed by atoms with Gasteiger partial charge in [0.2, 0.25) is 0 Å². The summed E-state index contributed by atoms with van der Waals surface area (Å²) in [6.45, 7) is 6.12. The van der Waals surface area contributed by atoms with Crippen molar-refractivity contribution in [2.45, 2.75) is 78.2 Å². The molecule has 0 aromatic heterocycles. The number of aliphatic carboxylic acids is 2. The number of ether oxygens (including phenoxy) is 2. The molecule has 2 unspecified atom stereocenters. The van der Waals surface area contributed by atoms with Gasteiger partial charge < -0.3 is 19.7 Å². The van der Waals surface area contributed by atoms with Crippen LogP contribution in [-0.4, -0.2) is 46.8 Å². The third kappa shape index (κ3) is 14.7. The summed E-state index contributed by atoms with van der Waals surface area (Å²) in [5.74, 6) is -2.39. The Morgan fingerprint density at radius 2 is 1.33 bits per heavy atom. The fourth-order valence-electron chi connectivity index (χ4n) is 2.41. The van der Waals surface area contributed by atoms with E-state index in [-0.39, 0.29) is 63.1 Å². The third-order valence-electron chi connectivity index (χ3n) is 4.08. The Kier molecular flexibility index (Phi) is 12.9. The average molecular weight is 388 g/mol. The molecule has 8 nitrogen and oxygen atoms in total. The highest BCUT2D eigenvalue weighted by Gasteiger charge is 2.21. The second kappa shape index (κ2) is 14.0. The predicted molar refractivity (Wildman–Crippen MR) is 97.0 cm³/mol. The maximum absolute atomic E-state index is 11.8. The summed E-state index contributed by atoms with van der Waals surface area (Å²) in [5.41, 5.74) is 0. The van der Waals surface area contributed by atoms with Crippen molar-refractivity contribution >= 4 is 23.9 Å². The van der Waals surface area contributed by atoms with E-state index in [4.69, 9.17) is 19.7 Å². The first kappa shape index (κ1) is 24.9. The summed E-state index contributed by atoms with van der Waals surface area (Å²) in [6, 6.07) is 0. The van der Waals surface area contributed by atoms with Crippen LogP contribution in [0.1, 0.15) is 72.1 Å². The molecule has 0 rings (SSSR count). The molecule has 0 aliphatic heterocycles. The second-order valence-electron chi connectivity index (χ2n) is 7.12. The standard InChI is InChI=1S/C19H32O8/c1-13(2)15(27-19(25)9-5-7-17(22)23)12-14(3)10-11-26-18(24)8-4-6-16(20)21/h13-15H,4-12H2,1-3H3,(H,20,21)(H,22,23). The van der Waals surface area contributed by atoms with E-state index in [1.807, 2.05) is 20.8 Å². The lowest BCUT2D eigenvalue weighted by atomic mass is 9.94. The van der Waals surface area contributed by atoms with E-state index >= 15 is 0 Å². The van der Waals surface area contributed by atoms with Crippen LogP contribution < -0.4 is 0 Å². The van der Waals surface area contributed by atoms with Crippen molar-refractivity contribution in [3.05, 3.63) is 0 Å². The number of hydrogen-bond donors (Lipinski definition) is 2. The van der Waals surface area contributed by atoms with Gasteiger partial charge in [0.15, 0.2) is 0 Å². The number of carbonyl (C=O) groups excluding carboxylic acids is 2. The van der Waals surface area contributed by atoms with Gasteiger partial charge in [0, 0.05) is 25.7 Å². The minimum Gasteiger partial charge on any atom is -0.481 e. The summed E-state index contributed by atoms with van der Waals surface area (Å²) in [5, 5.41) is 17.1.